The first-order valence-electron chi connectivity index (χ1n) is 6.79. The number of aryl methyl sites for hydroxylation is 2. The highest BCUT2D eigenvalue weighted by Crippen LogP contribution is 2.41. The molecule has 0 atom stereocenters. The Labute approximate surface area is 103 Å². The summed E-state index contributed by atoms with van der Waals surface area (Å²) in [5, 5.41) is 11.8. The van der Waals surface area contributed by atoms with E-state index in [4.69, 9.17) is 0 Å². The molecule has 2 heterocycles. The number of anilines is 2. The van der Waals surface area contributed by atoms with Crippen molar-refractivity contribution < 1.29 is 0 Å². The Hall–Kier alpha value is -1.19. The van der Waals surface area contributed by atoms with Gasteiger partial charge in [-0.3, -0.25) is 0 Å². The standard InChI is InChI=1S/C13H22N4/c1-3-17-12-11(10(2)16-17)14-8-13(9-15-12)6-4-5-7-13/h14-15H,3-9H2,1-2H3. The summed E-state index contributed by atoms with van der Waals surface area (Å²) in [6, 6.07) is 0. The number of rotatable bonds is 1. The molecule has 0 radical (unpaired) electrons. The molecule has 0 unspecified atom stereocenters. The Balaban J connectivity index is 1.89. The summed E-state index contributed by atoms with van der Waals surface area (Å²) in [7, 11) is 0. The lowest BCUT2D eigenvalue weighted by atomic mass is 9.86. The number of hydrogen-bond acceptors (Lipinski definition) is 3. The zero-order valence-electron chi connectivity index (χ0n) is 10.8. The molecule has 1 aliphatic heterocycles. The highest BCUT2D eigenvalue weighted by Gasteiger charge is 2.36. The second kappa shape index (κ2) is 3.93. The highest BCUT2D eigenvalue weighted by molar-refractivity contribution is 5.69. The average molecular weight is 234 g/mol. The third kappa shape index (κ3) is 1.70. The molecule has 1 saturated carbocycles. The van der Waals surface area contributed by atoms with Crippen LogP contribution in [0.2, 0.25) is 0 Å². The predicted octanol–water partition coefficient (Wildman–Crippen LogP) is 2.61. The van der Waals surface area contributed by atoms with E-state index in [0.29, 0.717) is 5.41 Å². The van der Waals surface area contributed by atoms with Crippen LogP contribution in [0.15, 0.2) is 0 Å². The average Bonchev–Trinajstić information content (AvgIpc) is 2.83. The van der Waals surface area contributed by atoms with Crippen LogP contribution >= 0.6 is 0 Å². The molecule has 4 heteroatoms. The summed E-state index contributed by atoms with van der Waals surface area (Å²) >= 11 is 0. The highest BCUT2D eigenvalue weighted by atomic mass is 15.3. The fourth-order valence-corrected chi connectivity index (χ4v) is 3.29. The number of aromatic nitrogens is 2. The molecule has 0 saturated heterocycles. The van der Waals surface area contributed by atoms with Gasteiger partial charge in [0.1, 0.15) is 11.5 Å². The Morgan fingerprint density at radius 1 is 1.24 bits per heavy atom. The molecule has 1 spiro atoms. The van der Waals surface area contributed by atoms with Crippen LogP contribution in [0.3, 0.4) is 0 Å². The van der Waals surface area contributed by atoms with Crippen molar-refractivity contribution in [2.45, 2.75) is 46.1 Å². The van der Waals surface area contributed by atoms with E-state index in [-0.39, 0.29) is 0 Å². The maximum absolute atomic E-state index is 4.56. The first kappa shape index (κ1) is 10.9. The van der Waals surface area contributed by atoms with Gasteiger partial charge in [-0.15, -0.1) is 0 Å². The van der Waals surface area contributed by atoms with Crippen molar-refractivity contribution in [3.8, 4) is 0 Å². The van der Waals surface area contributed by atoms with E-state index in [1.165, 1.54) is 37.2 Å². The lowest BCUT2D eigenvalue weighted by molar-refractivity contribution is 0.345. The third-order valence-electron chi connectivity index (χ3n) is 4.36. The molecular formula is C13H22N4. The summed E-state index contributed by atoms with van der Waals surface area (Å²) in [6.45, 7) is 7.36. The molecule has 2 aliphatic rings. The van der Waals surface area contributed by atoms with Gasteiger partial charge < -0.3 is 10.6 Å². The predicted molar refractivity (Wildman–Crippen MR) is 70.5 cm³/mol. The molecule has 1 aromatic rings. The summed E-state index contributed by atoms with van der Waals surface area (Å²) in [5.74, 6) is 1.19. The summed E-state index contributed by atoms with van der Waals surface area (Å²) in [4.78, 5) is 0. The molecule has 2 N–H and O–H groups in total. The summed E-state index contributed by atoms with van der Waals surface area (Å²) < 4.78 is 2.08. The van der Waals surface area contributed by atoms with E-state index < -0.39 is 0 Å². The lowest BCUT2D eigenvalue weighted by Crippen LogP contribution is -2.32. The molecular weight excluding hydrogens is 212 g/mol. The van der Waals surface area contributed by atoms with Crippen LogP contribution in [-0.2, 0) is 6.54 Å². The van der Waals surface area contributed by atoms with Gasteiger partial charge in [0.05, 0.1) is 5.69 Å². The Bertz CT molecular complexity index is 415. The van der Waals surface area contributed by atoms with Gasteiger partial charge in [-0.05, 0) is 26.7 Å². The van der Waals surface area contributed by atoms with E-state index in [1.807, 2.05) is 0 Å². The number of hydrogen-bond donors (Lipinski definition) is 2. The normalized spacial score (nSPS) is 21.8. The van der Waals surface area contributed by atoms with E-state index >= 15 is 0 Å². The second-order valence-electron chi connectivity index (χ2n) is 5.54. The zero-order valence-corrected chi connectivity index (χ0v) is 10.8. The quantitative estimate of drug-likeness (QED) is 0.785. The van der Waals surface area contributed by atoms with Gasteiger partial charge in [0.25, 0.3) is 0 Å². The Kier molecular flexibility index (Phi) is 2.53. The molecule has 0 bridgehead atoms. The monoisotopic (exact) mass is 234 g/mol. The lowest BCUT2D eigenvalue weighted by Gasteiger charge is -2.27. The van der Waals surface area contributed by atoms with Crippen molar-refractivity contribution in [1.29, 1.82) is 0 Å². The van der Waals surface area contributed by atoms with Crippen LogP contribution < -0.4 is 10.6 Å². The van der Waals surface area contributed by atoms with Crippen molar-refractivity contribution in [2.24, 2.45) is 5.41 Å². The fraction of sp³-hybridized carbons (Fsp3) is 0.769. The minimum atomic E-state index is 0.476. The first-order chi connectivity index (χ1) is 8.24. The summed E-state index contributed by atoms with van der Waals surface area (Å²) in [6.07, 6.45) is 5.49. The van der Waals surface area contributed by atoms with Crippen LogP contribution in [-0.4, -0.2) is 22.9 Å². The van der Waals surface area contributed by atoms with Crippen molar-refractivity contribution in [3.05, 3.63) is 5.69 Å². The molecule has 1 fully saturated rings. The molecule has 94 valence electrons. The Morgan fingerprint density at radius 3 is 2.65 bits per heavy atom. The Morgan fingerprint density at radius 2 is 1.94 bits per heavy atom. The molecule has 4 nitrogen and oxygen atoms in total. The van der Waals surface area contributed by atoms with Gasteiger partial charge >= 0.3 is 0 Å². The second-order valence-corrected chi connectivity index (χ2v) is 5.54. The number of nitrogens with zero attached hydrogens (tertiary/aromatic N) is 2. The van der Waals surface area contributed by atoms with Gasteiger partial charge in [0.2, 0.25) is 0 Å². The molecule has 17 heavy (non-hydrogen) atoms. The molecule has 0 aromatic carbocycles. The van der Waals surface area contributed by atoms with E-state index in [1.54, 1.807) is 0 Å². The van der Waals surface area contributed by atoms with Crippen molar-refractivity contribution >= 4 is 11.5 Å². The minimum Gasteiger partial charge on any atom is -0.380 e. The first-order valence-corrected chi connectivity index (χ1v) is 6.79. The topological polar surface area (TPSA) is 41.9 Å². The van der Waals surface area contributed by atoms with Crippen LogP contribution in [0.4, 0.5) is 11.5 Å². The van der Waals surface area contributed by atoms with Crippen LogP contribution in [0.1, 0.15) is 38.3 Å². The van der Waals surface area contributed by atoms with Gasteiger partial charge in [-0.1, -0.05) is 12.8 Å². The number of fused-ring (bicyclic) bond motifs is 1. The zero-order chi connectivity index (χ0) is 11.9. The maximum atomic E-state index is 4.56. The third-order valence-corrected chi connectivity index (χ3v) is 4.36. The largest absolute Gasteiger partial charge is 0.380 e. The van der Waals surface area contributed by atoms with E-state index in [9.17, 15) is 0 Å². The molecule has 1 aromatic heterocycles. The van der Waals surface area contributed by atoms with E-state index in [0.717, 1.165) is 25.3 Å². The summed E-state index contributed by atoms with van der Waals surface area (Å²) in [5.41, 5.74) is 2.81. The van der Waals surface area contributed by atoms with Crippen LogP contribution in [0.25, 0.3) is 0 Å². The van der Waals surface area contributed by atoms with Gasteiger partial charge in [-0.2, -0.15) is 5.10 Å². The van der Waals surface area contributed by atoms with Gasteiger partial charge in [-0.25, -0.2) is 4.68 Å². The van der Waals surface area contributed by atoms with Crippen molar-refractivity contribution in [1.82, 2.24) is 9.78 Å². The SMILES string of the molecule is CCn1nc(C)c2c1NCC1(CCCC1)CN2. The van der Waals surface area contributed by atoms with Crippen LogP contribution in [0.5, 0.6) is 0 Å². The molecule has 3 rings (SSSR count). The fourth-order valence-electron chi connectivity index (χ4n) is 3.29. The van der Waals surface area contributed by atoms with Crippen molar-refractivity contribution in [3.63, 3.8) is 0 Å². The van der Waals surface area contributed by atoms with E-state index in [2.05, 4.69) is 34.3 Å². The minimum absolute atomic E-state index is 0.476. The van der Waals surface area contributed by atoms with Gasteiger partial charge in [0, 0.05) is 25.0 Å². The molecule has 0 amide bonds. The smallest absolute Gasteiger partial charge is 0.148 e. The maximum Gasteiger partial charge on any atom is 0.148 e. The van der Waals surface area contributed by atoms with Gasteiger partial charge in [0.15, 0.2) is 0 Å². The molecule has 1 aliphatic carbocycles. The van der Waals surface area contributed by atoms with Crippen molar-refractivity contribution in [2.75, 3.05) is 23.7 Å². The van der Waals surface area contributed by atoms with Crippen LogP contribution in [0, 0.1) is 12.3 Å². The number of nitrogens with one attached hydrogen (secondary N) is 2.